The first-order valence-electron chi connectivity index (χ1n) is 7.32. The average molecular weight is 335 g/mol. The number of nitrogens with zero attached hydrogens (tertiary/aromatic N) is 1. The molecule has 2 rings (SSSR count). The van der Waals surface area contributed by atoms with E-state index < -0.39 is 11.6 Å². The van der Waals surface area contributed by atoms with Gasteiger partial charge in [0.2, 0.25) is 0 Å². The lowest BCUT2D eigenvalue weighted by atomic mass is 10.3. The first-order chi connectivity index (χ1) is 11.1. The molecule has 0 aliphatic carbocycles. The molecule has 0 amide bonds. The summed E-state index contributed by atoms with van der Waals surface area (Å²) in [6, 6.07) is 13.4. The zero-order chi connectivity index (χ0) is 16.7. The number of anilines is 2. The highest BCUT2D eigenvalue weighted by Gasteiger charge is 2.05. The molecular weight excluding hydrogens is 316 g/mol. The molecule has 0 spiro atoms. The highest BCUT2D eigenvalue weighted by atomic mass is 32.1. The van der Waals surface area contributed by atoms with Crippen molar-refractivity contribution >= 4 is 28.7 Å². The maximum atomic E-state index is 13.5. The van der Waals surface area contributed by atoms with Crippen molar-refractivity contribution in [2.75, 3.05) is 30.4 Å². The molecule has 0 radical (unpaired) electrons. The fraction of sp³-hybridized carbons (Fsp3) is 0.235. The molecule has 0 fully saturated rings. The van der Waals surface area contributed by atoms with E-state index >= 15 is 0 Å². The third-order valence-electron chi connectivity index (χ3n) is 3.33. The number of benzene rings is 2. The molecule has 0 aliphatic heterocycles. The Morgan fingerprint density at radius 2 is 1.87 bits per heavy atom. The minimum absolute atomic E-state index is 0.158. The van der Waals surface area contributed by atoms with Crippen molar-refractivity contribution in [2.45, 2.75) is 6.42 Å². The summed E-state index contributed by atoms with van der Waals surface area (Å²) in [7, 11) is 2.03. The fourth-order valence-electron chi connectivity index (χ4n) is 2.09. The van der Waals surface area contributed by atoms with Crippen molar-refractivity contribution in [2.24, 2.45) is 0 Å². The Morgan fingerprint density at radius 1 is 1.13 bits per heavy atom. The molecule has 0 heterocycles. The van der Waals surface area contributed by atoms with Crippen molar-refractivity contribution in [1.29, 1.82) is 0 Å². The summed E-state index contributed by atoms with van der Waals surface area (Å²) in [5.41, 5.74) is 1.31. The topological polar surface area (TPSA) is 27.3 Å². The number of rotatable bonds is 6. The van der Waals surface area contributed by atoms with E-state index in [0.717, 1.165) is 24.7 Å². The predicted molar refractivity (Wildman–Crippen MR) is 94.9 cm³/mol. The smallest absolute Gasteiger partial charge is 0.170 e. The van der Waals surface area contributed by atoms with Gasteiger partial charge in [-0.3, -0.25) is 0 Å². The second-order valence-corrected chi connectivity index (χ2v) is 5.52. The zero-order valence-electron chi connectivity index (χ0n) is 12.9. The average Bonchev–Trinajstić information content (AvgIpc) is 2.55. The van der Waals surface area contributed by atoms with Gasteiger partial charge in [-0.1, -0.05) is 18.2 Å². The lowest BCUT2D eigenvalue weighted by molar-refractivity contribution is 0.586. The number of hydrogen-bond acceptors (Lipinski definition) is 2. The number of para-hydroxylation sites is 1. The van der Waals surface area contributed by atoms with Gasteiger partial charge in [0.15, 0.2) is 5.11 Å². The van der Waals surface area contributed by atoms with Crippen LogP contribution in [0.15, 0.2) is 48.5 Å². The quantitative estimate of drug-likeness (QED) is 0.621. The molecule has 0 saturated carbocycles. The standard InChI is InChI=1S/C17H19F2N3S/c1-22(14-6-3-2-4-7-14)11-5-10-20-17(23)21-16-9-8-13(18)12-15(16)19/h2-4,6-9,12H,5,10-11H2,1H3,(H2,20,21,23). The van der Waals surface area contributed by atoms with Gasteiger partial charge in [-0.25, -0.2) is 8.78 Å². The van der Waals surface area contributed by atoms with Gasteiger partial charge in [-0.15, -0.1) is 0 Å². The SMILES string of the molecule is CN(CCCNC(=S)Nc1ccc(F)cc1F)c1ccccc1. The third kappa shape index (κ3) is 5.49. The van der Waals surface area contributed by atoms with E-state index in [1.807, 2.05) is 25.2 Å². The fourth-order valence-corrected chi connectivity index (χ4v) is 2.30. The number of nitrogens with one attached hydrogen (secondary N) is 2. The van der Waals surface area contributed by atoms with E-state index in [1.54, 1.807) is 0 Å². The summed E-state index contributed by atoms with van der Waals surface area (Å²) < 4.78 is 26.3. The van der Waals surface area contributed by atoms with Gasteiger partial charge in [-0.05, 0) is 42.9 Å². The monoisotopic (exact) mass is 335 g/mol. The Bertz CT molecular complexity index is 650. The molecule has 122 valence electrons. The third-order valence-corrected chi connectivity index (χ3v) is 3.58. The summed E-state index contributed by atoms with van der Waals surface area (Å²) >= 11 is 5.10. The van der Waals surface area contributed by atoms with Crippen LogP contribution in [0.3, 0.4) is 0 Å². The molecule has 0 aromatic heterocycles. The minimum atomic E-state index is -0.669. The van der Waals surface area contributed by atoms with Crippen molar-refractivity contribution in [3.8, 4) is 0 Å². The number of thiocarbonyl (C=S) groups is 1. The summed E-state index contributed by atoms with van der Waals surface area (Å²) in [6.07, 6.45) is 0.874. The molecule has 2 aromatic rings. The van der Waals surface area contributed by atoms with Crippen LogP contribution >= 0.6 is 12.2 Å². The normalized spacial score (nSPS) is 10.2. The molecule has 2 aromatic carbocycles. The van der Waals surface area contributed by atoms with E-state index in [0.29, 0.717) is 11.7 Å². The Labute approximate surface area is 140 Å². The second-order valence-electron chi connectivity index (χ2n) is 5.12. The summed E-state index contributed by atoms with van der Waals surface area (Å²) in [5.74, 6) is -1.28. The maximum absolute atomic E-state index is 13.5. The van der Waals surface area contributed by atoms with Crippen LogP contribution in [0.25, 0.3) is 0 Å². The molecule has 0 atom stereocenters. The van der Waals surface area contributed by atoms with Crippen LogP contribution in [0, 0.1) is 11.6 Å². The summed E-state index contributed by atoms with van der Waals surface area (Å²) in [5, 5.41) is 6.05. The summed E-state index contributed by atoms with van der Waals surface area (Å²) in [4.78, 5) is 2.15. The van der Waals surface area contributed by atoms with Crippen LogP contribution in [0.1, 0.15) is 6.42 Å². The van der Waals surface area contributed by atoms with Gasteiger partial charge in [0.25, 0.3) is 0 Å². The van der Waals surface area contributed by atoms with Crippen molar-refractivity contribution < 1.29 is 8.78 Å². The molecule has 2 N–H and O–H groups in total. The van der Waals surface area contributed by atoms with Gasteiger partial charge in [0, 0.05) is 31.9 Å². The minimum Gasteiger partial charge on any atom is -0.375 e. The largest absolute Gasteiger partial charge is 0.375 e. The van der Waals surface area contributed by atoms with Gasteiger partial charge in [0.1, 0.15) is 11.6 Å². The van der Waals surface area contributed by atoms with Crippen LogP contribution in [-0.4, -0.2) is 25.2 Å². The number of halogens is 2. The molecule has 6 heteroatoms. The molecule has 23 heavy (non-hydrogen) atoms. The van der Waals surface area contributed by atoms with E-state index in [2.05, 4.69) is 27.7 Å². The van der Waals surface area contributed by atoms with Gasteiger partial charge in [-0.2, -0.15) is 0 Å². The molecule has 0 bridgehead atoms. The van der Waals surface area contributed by atoms with Crippen molar-refractivity contribution in [1.82, 2.24) is 5.32 Å². The Balaban J connectivity index is 1.71. The Morgan fingerprint density at radius 3 is 2.57 bits per heavy atom. The van der Waals surface area contributed by atoms with E-state index in [4.69, 9.17) is 12.2 Å². The van der Waals surface area contributed by atoms with Crippen LogP contribution in [0.2, 0.25) is 0 Å². The summed E-state index contributed by atoms with van der Waals surface area (Å²) in [6.45, 7) is 1.52. The van der Waals surface area contributed by atoms with E-state index in [1.165, 1.54) is 12.1 Å². The van der Waals surface area contributed by atoms with Crippen molar-refractivity contribution in [3.63, 3.8) is 0 Å². The predicted octanol–water partition coefficient (Wildman–Crippen LogP) is 3.78. The molecular formula is C17H19F2N3S. The first-order valence-corrected chi connectivity index (χ1v) is 7.73. The van der Waals surface area contributed by atoms with Gasteiger partial charge >= 0.3 is 0 Å². The van der Waals surface area contributed by atoms with Crippen molar-refractivity contribution in [3.05, 3.63) is 60.2 Å². The van der Waals surface area contributed by atoms with E-state index in [-0.39, 0.29) is 5.69 Å². The van der Waals surface area contributed by atoms with Crippen LogP contribution in [-0.2, 0) is 0 Å². The van der Waals surface area contributed by atoms with Crippen LogP contribution < -0.4 is 15.5 Å². The molecule has 0 aliphatic rings. The highest BCUT2D eigenvalue weighted by molar-refractivity contribution is 7.80. The molecule has 0 unspecified atom stereocenters. The molecule has 0 saturated heterocycles. The Hall–Kier alpha value is -2.21. The highest BCUT2D eigenvalue weighted by Crippen LogP contribution is 2.14. The lowest BCUT2D eigenvalue weighted by Gasteiger charge is -2.19. The molecule has 3 nitrogen and oxygen atoms in total. The van der Waals surface area contributed by atoms with Crippen LogP contribution in [0.4, 0.5) is 20.2 Å². The maximum Gasteiger partial charge on any atom is 0.170 e. The first kappa shape index (κ1) is 17.1. The zero-order valence-corrected chi connectivity index (χ0v) is 13.7. The second kappa shape index (κ2) is 8.43. The van der Waals surface area contributed by atoms with Gasteiger partial charge < -0.3 is 15.5 Å². The number of hydrogen-bond donors (Lipinski definition) is 2. The Kier molecular flexibility index (Phi) is 6.29. The lowest BCUT2D eigenvalue weighted by Crippen LogP contribution is -2.31. The van der Waals surface area contributed by atoms with E-state index in [9.17, 15) is 8.78 Å². The van der Waals surface area contributed by atoms with Gasteiger partial charge in [0.05, 0.1) is 5.69 Å². The van der Waals surface area contributed by atoms with Crippen LogP contribution in [0.5, 0.6) is 0 Å².